The summed E-state index contributed by atoms with van der Waals surface area (Å²) in [5, 5.41) is 2.95. The predicted molar refractivity (Wildman–Crippen MR) is 110 cm³/mol. The van der Waals surface area contributed by atoms with Crippen LogP contribution in [0, 0.1) is 0 Å². The highest BCUT2D eigenvalue weighted by Crippen LogP contribution is 2.18. The van der Waals surface area contributed by atoms with Gasteiger partial charge in [-0.2, -0.15) is 0 Å². The lowest BCUT2D eigenvalue weighted by atomic mass is 9.99. The molecule has 0 heterocycles. The first-order valence-corrected chi connectivity index (χ1v) is 9.42. The van der Waals surface area contributed by atoms with Crippen LogP contribution in [0.5, 0.6) is 5.75 Å². The molecule has 1 amide bonds. The van der Waals surface area contributed by atoms with E-state index in [0.29, 0.717) is 12.2 Å². The van der Waals surface area contributed by atoms with Gasteiger partial charge in [0.15, 0.2) is 13.2 Å². The molecule has 0 spiro atoms. The lowest BCUT2D eigenvalue weighted by Crippen LogP contribution is -2.34. The summed E-state index contributed by atoms with van der Waals surface area (Å²) in [6, 6.07) is 28.4. The minimum Gasteiger partial charge on any atom is -0.482 e. The summed E-state index contributed by atoms with van der Waals surface area (Å²) in [6.07, 6.45) is 0.641. The van der Waals surface area contributed by atoms with Crippen molar-refractivity contribution < 1.29 is 19.1 Å². The van der Waals surface area contributed by atoms with Gasteiger partial charge in [-0.1, -0.05) is 78.9 Å². The summed E-state index contributed by atoms with van der Waals surface area (Å²) in [4.78, 5) is 24.2. The van der Waals surface area contributed by atoms with E-state index < -0.39 is 5.97 Å². The van der Waals surface area contributed by atoms with Crippen molar-refractivity contribution in [2.24, 2.45) is 0 Å². The van der Waals surface area contributed by atoms with Crippen molar-refractivity contribution in [1.82, 2.24) is 5.32 Å². The Morgan fingerprint density at radius 3 is 2.00 bits per heavy atom. The Labute approximate surface area is 170 Å². The molecule has 3 rings (SSSR count). The fraction of sp³-hybridized carbons (Fsp3) is 0.167. The van der Waals surface area contributed by atoms with Crippen molar-refractivity contribution in [3.05, 3.63) is 102 Å². The van der Waals surface area contributed by atoms with Gasteiger partial charge < -0.3 is 14.8 Å². The molecule has 29 heavy (non-hydrogen) atoms. The quantitative estimate of drug-likeness (QED) is 0.567. The lowest BCUT2D eigenvalue weighted by Gasteiger charge is -2.19. The number of nitrogens with one attached hydrogen (secondary N) is 1. The smallest absolute Gasteiger partial charge is 0.344 e. The Morgan fingerprint density at radius 2 is 1.34 bits per heavy atom. The first-order valence-electron chi connectivity index (χ1n) is 9.42. The van der Waals surface area contributed by atoms with Crippen molar-refractivity contribution in [3.8, 4) is 5.75 Å². The summed E-state index contributed by atoms with van der Waals surface area (Å²) >= 11 is 0. The van der Waals surface area contributed by atoms with Crippen molar-refractivity contribution in [2.75, 3.05) is 13.2 Å². The van der Waals surface area contributed by atoms with E-state index >= 15 is 0 Å². The number of esters is 1. The van der Waals surface area contributed by atoms with Gasteiger partial charge in [0.05, 0.1) is 6.04 Å². The van der Waals surface area contributed by atoms with Crippen LogP contribution in [-0.2, 0) is 20.7 Å². The molecule has 0 unspecified atom stereocenters. The molecule has 0 aromatic heterocycles. The van der Waals surface area contributed by atoms with Gasteiger partial charge >= 0.3 is 5.97 Å². The Balaban J connectivity index is 1.52. The molecule has 0 aliphatic carbocycles. The van der Waals surface area contributed by atoms with Crippen molar-refractivity contribution in [2.45, 2.75) is 12.5 Å². The van der Waals surface area contributed by atoms with E-state index in [1.807, 2.05) is 78.9 Å². The van der Waals surface area contributed by atoms with Crippen LogP contribution in [0.3, 0.4) is 0 Å². The standard InChI is InChI=1S/C24H23NO4/c26-23(17-29-24(27)18-28-21-14-8-3-9-15-21)25-22(20-12-6-2-7-13-20)16-19-10-4-1-5-11-19/h1-15,22H,16-18H2,(H,25,26)/t22-/m1/s1. The van der Waals surface area contributed by atoms with Crippen molar-refractivity contribution in [3.63, 3.8) is 0 Å². The Bertz CT molecular complexity index is 898. The topological polar surface area (TPSA) is 64.6 Å². The molecule has 0 radical (unpaired) electrons. The highest BCUT2D eigenvalue weighted by Gasteiger charge is 2.16. The number of carbonyl (C=O) groups excluding carboxylic acids is 2. The molecule has 1 N–H and O–H groups in total. The molecule has 3 aromatic rings. The number of carbonyl (C=O) groups is 2. The van der Waals surface area contributed by atoms with E-state index in [4.69, 9.17) is 9.47 Å². The number of benzene rings is 3. The van der Waals surface area contributed by atoms with Gasteiger partial charge in [-0.3, -0.25) is 4.79 Å². The molecule has 1 atom stereocenters. The molecular formula is C24H23NO4. The zero-order chi connectivity index (χ0) is 20.3. The molecule has 148 valence electrons. The number of rotatable bonds is 9. The summed E-state index contributed by atoms with van der Waals surface area (Å²) in [6.45, 7) is -0.599. The fourth-order valence-electron chi connectivity index (χ4n) is 2.87. The lowest BCUT2D eigenvalue weighted by molar-refractivity contribution is -0.150. The van der Waals surface area contributed by atoms with Crippen LogP contribution >= 0.6 is 0 Å². The van der Waals surface area contributed by atoms with Crippen LogP contribution in [-0.4, -0.2) is 25.1 Å². The van der Waals surface area contributed by atoms with E-state index in [-0.39, 0.29) is 25.2 Å². The SMILES string of the molecule is O=C(COC(=O)COc1ccccc1)N[C@H](Cc1ccccc1)c1ccccc1. The van der Waals surface area contributed by atoms with Gasteiger partial charge in [0.1, 0.15) is 5.75 Å². The molecule has 0 bridgehead atoms. The third kappa shape index (κ3) is 6.81. The molecule has 5 nitrogen and oxygen atoms in total. The maximum absolute atomic E-state index is 12.4. The van der Waals surface area contributed by atoms with Crippen molar-refractivity contribution >= 4 is 11.9 Å². The van der Waals surface area contributed by atoms with E-state index in [2.05, 4.69) is 5.32 Å². The second-order valence-corrected chi connectivity index (χ2v) is 6.48. The average molecular weight is 389 g/mol. The van der Waals surface area contributed by atoms with Gasteiger partial charge in [0.25, 0.3) is 5.91 Å². The summed E-state index contributed by atoms with van der Waals surface area (Å²) < 4.78 is 10.4. The molecule has 0 aliphatic rings. The second-order valence-electron chi connectivity index (χ2n) is 6.48. The number of hydrogen-bond donors (Lipinski definition) is 1. The van der Waals surface area contributed by atoms with E-state index in [9.17, 15) is 9.59 Å². The van der Waals surface area contributed by atoms with Gasteiger partial charge in [-0.05, 0) is 29.7 Å². The Kier molecular flexibility index (Phi) is 7.41. The third-order valence-electron chi connectivity index (χ3n) is 4.28. The van der Waals surface area contributed by atoms with Gasteiger partial charge in [0.2, 0.25) is 0 Å². The van der Waals surface area contributed by atoms with Crippen LogP contribution in [0.25, 0.3) is 0 Å². The highest BCUT2D eigenvalue weighted by atomic mass is 16.6. The van der Waals surface area contributed by atoms with Crippen LogP contribution in [0.15, 0.2) is 91.0 Å². The highest BCUT2D eigenvalue weighted by molar-refractivity contribution is 5.81. The molecule has 5 heteroatoms. The molecule has 0 aliphatic heterocycles. The first kappa shape index (κ1) is 20.1. The first-order chi connectivity index (χ1) is 14.2. The zero-order valence-corrected chi connectivity index (χ0v) is 16.0. The molecule has 0 fully saturated rings. The van der Waals surface area contributed by atoms with Crippen LogP contribution < -0.4 is 10.1 Å². The summed E-state index contributed by atoms with van der Waals surface area (Å²) in [5.41, 5.74) is 2.10. The number of ether oxygens (including phenoxy) is 2. The Morgan fingerprint density at radius 1 is 0.759 bits per heavy atom. The largest absolute Gasteiger partial charge is 0.482 e. The second kappa shape index (κ2) is 10.7. The average Bonchev–Trinajstić information content (AvgIpc) is 2.78. The van der Waals surface area contributed by atoms with E-state index in [0.717, 1.165) is 11.1 Å². The van der Waals surface area contributed by atoms with E-state index in [1.165, 1.54) is 0 Å². The predicted octanol–water partition coefficient (Wildman–Crippen LogP) is 3.71. The molecule has 3 aromatic carbocycles. The monoisotopic (exact) mass is 389 g/mol. The zero-order valence-electron chi connectivity index (χ0n) is 16.0. The summed E-state index contributed by atoms with van der Waals surface area (Å²) in [5.74, 6) is -0.382. The van der Waals surface area contributed by atoms with E-state index in [1.54, 1.807) is 12.1 Å². The van der Waals surface area contributed by atoms with Gasteiger partial charge in [-0.25, -0.2) is 4.79 Å². The maximum Gasteiger partial charge on any atom is 0.344 e. The third-order valence-corrected chi connectivity index (χ3v) is 4.28. The number of hydrogen-bond acceptors (Lipinski definition) is 4. The van der Waals surface area contributed by atoms with Crippen LogP contribution in [0.4, 0.5) is 0 Å². The summed E-state index contributed by atoms with van der Waals surface area (Å²) in [7, 11) is 0. The fourth-order valence-corrected chi connectivity index (χ4v) is 2.87. The number of amides is 1. The van der Waals surface area contributed by atoms with Crippen LogP contribution in [0.1, 0.15) is 17.2 Å². The molecular weight excluding hydrogens is 366 g/mol. The Hall–Kier alpha value is -3.60. The normalized spacial score (nSPS) is 11.3. The molecule has 0 saturated heterocycles. The van der Waals surface area contributed by atoms with Crippen molar-refractivity contribution in [1.29, 1.82) is 0 Å². The van der Waals surface area contributed by atoms with Crippen LogP contribution in [0.2, 0.25) is 0 Å². The minimum atomic E-state index is -0.594. The molecule has 0 saturated carbocycles. The van der Waals surface area contributed by atoms with Gasteiger partial charge in [0, 0.05) is 0 Å². The maximum atomic E-state index is 12.4. The number of para-hydroxylation sites is 1. The van der Waals surface area contributed by atoms with Gasteiger partial charge in [-0.15, -0.1) is 0 Å². The minimum absolute atomic E-state index is 0.217.